The lowest BCUT2D eigenvalue weighted by Gasteiger charge is -2.11. The van der Waals surface area contributed by atoms with Crippen LogP contribution < -0.4 is 14.8 Å². The fraction of sp³-hybridized carbons (Fsp3) is 0.176. The first-order valence-electron chi connectivity index (χ1n) is 7.41. The highest BCUT2D eigenvalue weighted by molar-refractivity contribution is 5.97. The van der Waals surface area contributed by atoms with Gasteiger partial charge in [0.05, 0.1) is 14.2 Å². The van der Waals surface area contributed by atoms with Crippen molar-refractivity contribution in [2.75, 3.05) is 26.1 Å². The fourth-order valence-electron chi connectivity index (χ4n) is 2.07. The summed E-state index contributed by atoms with van der Waals surface area (Å²) in [6, 6.07) is 4.06. The summed E-state index contributed by atoms with van der Waals surface area (Å²) in [7, 11) is 2.65. The van der Waals surface area contributed by atoms with E-state index in [9.17, 15) is 31.5 Å². The fourth-order valence-corrected chi connectivity index (χ4v) is 2.07. The highest BCUT2D eigenvalue weighted by atomic mass is 19.2. The summed E-state index contributed by atoms with van der Waals surface area (Å²) in [6.07, 6.45) is 0. The Kier molecular flexibility index (Phi) is 6.39. The van der Waals surface area contributed by atoms with E-state index in [0.29, 0.717) is 5.75 Å². The molecule has 28 heavy (non-hydrogen) atoms. The molecule has 0 saturated carbocycles. The summed E-state index contributed by atoms with van der Waals surface area (Å²) >= 11 is 0. The second-order valence-corrected chi connectivity index (χ2v) is 5.14. The van der Waals surface area contributed by atoms with Crippen molar-refractivity contribution in [3.05, 3.63) is 52.8 Å². The van der Waals surface area contributed by atoms with Gasteiger partial charge in [-0.3, -0.25) is 4.79 Å². The van der Waals surface area contributed by atoms with Crippen molar-refractivity contribution < 1.29 is 45.8 Å². The molecule has 0 aliphatic heterocycles. The molecule has 0 heterocycles. The zero-order valence-corrected chi connectivity index (χ0v) is 14.4. The van der Waals surface area contributed by atoms with Crippen LogP contribution in [0.5, 0.6) is 11.5 Å². The van der Waals surface area contributed by atoms with Crippen molar-refractivity contribution in [2.45, 2.75) is 0 Å². The van der Waals surface area contributed by atoms with Gasteiger partial charge in [-0.15, -0.1) is 0 Å². The Morgan fingerprint density at radius 3 is 2.00 bits per heavy atom. The third-order valence-electron chi connectivity index (χ3n) is 3.44. The smallest absolute Gasteiger partial charge is 0.342 e. The van der Waals surface area contributed by atoms with E-state index in [4.69, 9.17) is 9.47 Å². The van der Waals surface area contributed by atoms with Crippen LogP contribution >= 0.6 is 0 Å². The van der Waals surface area contributed by atoms with Gasteiger partial charge in [0.25, 0.3) is 5.91 Å². The number of halogens is 5. The highest BCUT2D eigenvalue weighted by Crippen LogP contribution is 2.27. The Hall–Kier alpha value is -3.37. The Balaban J connectivity index is 2.11. The molecular formula is C17H12F5NO5. The summed E-state index contributed by atoms with van der Waals surface area (Å²) in [5.74, 6) is -13.2. The number of ether oxygens (including phenoxy) is 3. The van der Waals surface area contributed by atoms with E-state index in [1.54, 1.807) is 0 Å². The van der Waals surface area contributed by atoms with E-state index in [2.05, 4.69) is 4.74 Å². The third kappa shape index (κ3) is 4.13. The number of anilines is 1. The molecule has 0 fully saturated rings. The summed E-state index contributed by atoms with van der Waals surface area (Å²) < 4.78 is 80.8. The van der Waals surface area contributed by atoms with Gasteiger partial charge in [0.1, 0.15) is 22.7 Å². The molecular weight excluding hydrogens is 393 g/mol. The minimum atomic E-state index is -2.37. The molecule has 0 aromatic heterocycles. The van der Waals surface area contributed by atoms with Crippen molar-refractivity contribution in [1.29, 1.82) is 0 Å². The summed E-state index contributed by atoms with van der Waals surface area (Å²) in [5.41, 5.74) is -1.65. The van der Waals surface area contributed by atoms with E-state index in [-0.39, 0.29) is 11.3 Å². The zero-order valence-electron chi connectivity index (χ0n) is 14.4. The van der Waals surface area contributed by atoms with Gasteiger partial charge in [-0.05, 0) is 12.1 Å². The minimum absolute atomic E-state index is 0.0597. The van der Waals surface area contributed by atoms with Crippen LogP contribution in [-0.2, 0) is 9.53 Å². The van der Waals surface area contributed by atoms with Gasteiger partial charge < -0.3 is 19.5 Å². The predicted octanol–water partition coefficient (Wildman–Crippen LogP) is 3.19. The first-order valence-corrected chi connectivity index (χ1v) is 7.41. The average molecular weight is 405 g/mol. The molecule has 0 aliphatic carbocycles. The van der Waals surface area contributed by atoms with Gasteiger partial charge in [-0.2, -0.15) is 0 Å². The topological polar surface area (TPSA) is 73.9 Å². The van der Waals surface area contributed by atoms with Crippen molar-refractivity contribution >= 4 is 17.6 Å². The minimum Gasteiger partial charge on any atom is -0.497 e. The van der Waals surface area contributed by atoms with Crippen molar-refractivity contribution in [3.63, 3.8) is 0 Å². The second-order valence-electron chi connectivity index (χ2n) is 5.14. The first kappa shape index (κ1) is 20.9. The lowest BCUT2D eigenvalue weighted by molar-refractivity contribution is -0.119. The van der Waals surface area contributed by atoms with E-state index in [1.165, 1.54) is 37.7 Å². The molecule has 0 aliphatic rings. The van der Waals surface area contributed by atoms with Crippen LogP contribution in [-0.4, -0.2) is 32.7 Å². The Bertz CT molecular complexity index is 906. The summed E-state index contributed by atoms with van der Waals surface area (Å²) in [6.45, 7) is -1.06. The van der Waals surface area contributed by atoms with Crippen LogP contribution in [0.4, 0.5) is 27.6 Å². The maximum Gasteiger partial charge on any atom is 0.342 e. The van der Waals surface area contributed by atoms with E-state index < -0.39 is 53.3 Å². The van der Waals surface area contributed by atoms with Gasteiger partial charge >= 0.3 is 5.97 Å². The quantitative estimate of drug-likeness (QED) is 0.346. The molecule has 1 amide bonds. The Morgan fingerprint density at radius 1 is 0.893 bits per heavy atom. The van der Waals surface area contributed by atoms with Gasteiger partial charge in [-0.25, -0.2) is 26.7 Å². The van der Waals surface area contributed by atoms with Gasteiger partial charge in [0.15, 0.2) is 29.9 Å². The number of hydrogen-bond acceptors (Lipinski definition) is 5. The van der Waals surface area contributed by atoms with Crippen LogP contribution in [0.3, 0.4) is 0 Å². The van der Waals surface area contributed by atoms with E-state index in [1.807, 2.05) is 0 Å². The normalized spacial score (nSPS) is 10.4. The number of benzene rings is 2. The first-order chi connectivity index (χ1) is 13.2. The molecule has 11 heteroatoms. The largest absolute Gasteiger partial charge is 0.497 e. The lowest BCUT2D eigenvalue weighted by atomic mass is 10.2. The van der Waals surface area contributed by atoms with Crippen LogP contribution in [0.25, 0.3) is 0 Å². The Labute approximate surface area is 154 Å². The SMILES string of the molecule is COc1ccc(C(=O)OCC(=O)Nc2c(F)c(F)c(F)c(F)c2F)c(OC)c1. The standard InChI is InChI=1S/C17H12F5NO5/c1-26-7-3-4-8(9(5-7)27-2)17(25)28-6-10(24)23-16-14(21)12(19)11(18)13(20)15(16)22/h3-5H,6H2,1-2H3,(H,23,24). The second kappa shape index (κ2) is 8.55. The maximum absolute atomic E-state index is 13.5. The van der Waals surface area contributed by atoms with Crippen molar-refractivity contribution in [1.82, 2.24) is 0 Å². The molecule has 1 N–H and O–H groups in total. The molecule has 0 bridgehead atoms. The number of rotatable bonds is 6. The monoisotopic (exact) mass is 405 g/mol. The van der Waals surface area contributed by atoms with Gasteiger partial charge in [0.2, 0.25) is 5.82 Å². The number of carbonyl (C=O) groups is 2. The highest BCUT2D eigenvalue weighted by Gasteiger charge is 2.27. The van der Waals surface area contributed by atoms with Crippen LogP contribution in [0.2, 0.25) is 0 Å². The molecule has 0 unspecified atom stereocenters. The predicted molar refractivity (Wildman–Crippen MR) is 84.7 cm³/mol. The molecule has 2 rings (SSSR count). The van der Waals surface area contributed by atoms with Crippen LogP contribution in [0, 0.1) is 29.1 Å². The molecule has 0 atom stereocenters. The zero-order chi connectivity index (χ0) is 21.0. The number of methoxy groups -OCH3 is 2. The van der Waals surface area contributed by atoms with Crippen molar-refractivity contribution in [3.8, 4) is 11.5 Å². The number of carbonyl (C=O) groups excluding carboxylic acids is 2. The third-order valence-corrected chi connectivity index (χ3v) is 3.44. The number of esters is 1. The molecule has 2 aromatic carbocycles. The number of nitrogens with one attached hydrogen (secondary N) is 1. The molecule has 6 nitrogen and oxygen atoms in total. The van der Waals surface area contributed by atoms with E-state index in [0.717, 1.165) is 0 Å². The molecule has 2 aromatic rings. The average Bonchev–Trinajstić information content (AvgIpc) is 2.71. The van der Waals surface area contributed by atoms with Crippen LogP contribution in [0.1, 0.15) is 10.4 Å². The van der Waals surface area contributed by atoms with E-state index >= 15 is 0 Å². The van der Waals surface area contributed by atoms with Gasteiger partial charge in [-0.1, -0.05) is 0 Å². The molecule has 0 radical (unpaired) electrons. The van der Waals surface area contributed by atoms with Crippen molar-refractivity contribution in [2.24, 2.45) is 0 Å². The van der Waals surface area contributed by atoms with Crippen LogP contribution in [0.15, 0.2) is 18.2 Å². The molecule has 0 spiro atoms. The Morgan fingerprint density at radius 2 is 1.46 bits per heavy atom. The summed E-state index contributed by atoms with van der Waals surface area (Å²) in [5, 5.41) is 1.48. The number of amides is 1. The maximum atomic E-state index is 13.5. The number of hydrogen-bond donors (Lipinski definition) is 1. The van der Waals surface area contributed by atoms with Gasteiger partial charge in [0, 0.05) is 6.07 Å². The molecule has 0 saturated heterocycles. The lowest BCUT2D eigenvalue weighted by Crippen LogP contribution is -2.23. The summed E-state index contributed by atoms with van der Waals surface area (Å²) in [4.78, 5) is 23.7. The molecule has 150 valence electrons.